The summed E-state index contributed by atoms with van der Waals surface area (Å²) in [5.41, 5.74) is 6.24. The van der Waals surface area contributed by atoms with E-state index in [9.17, 15) is 8.78 Å². The lowest BCUT2D eigenvalue weighted by Gasteiger charge is -2.43. The first kappa shape index (κ1) is 16.2. The number of piperazine rings is 1. The minimum atomic E-state index is -0.366. The Morgan fingerprint density at radius 1 is 1.05 bits per heavy atom. The minimum Gasteiger partial charge on any atom is -0.367 e. The SMILES string of the molecule is CC(C)(C)N1CCN(c2cc(F)c(CCN)cc2F)CC1. The highest BCUT2D eigenvalue weighted by Gasteiger charge is 2.27. The van der Waals surface area contributed by atoms with Gasteiger partial charge >= 0.3 is 0 Å². The Bertz CT molecular complexity index is 489. The van der Waals surface area contributed by atoms with Crippen LogP contribution in [-0.4, -0.2) is 43.2 Å². The van der Waals surface area contributed by atoms with Crippen molar-refractivity contribution in [3.63, 3.8) is 0 Å². The van der Waals surface area contributed by atoms with Gasteiger partial charge in [0.1, 0.15) is 11.6 Å². The van der Waals surface area contributed by atoms with Crippen LogP contribution in [-0.2, 0) is 6.42 Å². The van der Waals surface area contributed by atoms with Crippen molar-refractivity contribution < 1.29 is 8.78 Å². The number of anilines is 1. The number of halogens is 2. The van der Waals surface area contributed by atoms with Crippen molar-refractivity contribution in [3.8, 4) is 0 Å². The molecule has 5 heteroatoms. The maximum Gasteiger partial charge on any atom is 0.146 e. The number of nitrogens with two attached hydrogens (primary N) is 1. The Labute approximate surface area is 125 Å². The van der Waals surface area contributed by atoms with Gasteiger partial charge in [-0.3, -0.25) is 4.90 Å². The highest BCUT2D eigenvalue weighted by Crippen LogP contribution is 2.26. The fourth-order valence-corrected chi connectivity index (χ4v) is 2.79. The molecule has 2 N–H and O–H groups in total. The van der Waals surface area contributed by atoms with Gasteiger partial charge in [0.25, 0.3) is 0 Å². The van der Waals surface area contributed by atoms with Gasteiger partial charge in [-0.15, -0.1) is 0 Å². The molecule has 0 bridgehead atoms. The Balaban J connectivity index is 2.12. The molecule has 0 spiro atoms. The largest absolute Gasteiger partial charge is 0.367 e. The topological polar surface area (TPSA) is 32.5 Å². The van der Waals surface area contributed by atoms with Crippen LogP contribution in [0, 0.1) is 11.6 Å². The van der Waals surface area contributed by atoms with Crippen LogP contribution in [0.3, 0.4) is 0 Å². The molecule has 1 heterocycles. The molecule has 0 unspecified atom stereocenters. The third-order valence-electron chi connectivity index (χ3n) is 4.10. The van der Waals surface area contributed by atoms with Gasteiger partial charge < -0.3 is 10.6 Å². The molecular weight excluding hydrogens is 272 g/mol. The smallest absolute Gasteiger partial charge is 0.146 e. The standard InChI is InChI=1S/C16H25F2N3/c1-16(2,3)21-8-6-20(7-9-21)15-11-13(17)12(4-5-19)10-14(15)18/h10-11H,4-9,19H2,1-3H3. The van der Waals surface area contributed by atoms with Crippen molar-refractivity contribution in [2.75, 3.05) is 37.6 Å². The molecule has 2 rings (SSSR count). The zero-order valence-corrected chi connectivity index (χ0v) is 13.1. The first-order valence-electron chi connectivity index (χ1n) is 7.51. The first-order chi connectivity index (χ1) is 9.82. The third kappa shape index (κ3) is 3.71. The van der Waals surface area contributed by atoms with Gasteiger partial charge in [-0.05, 0) is 45.4 Å². The second kappa shape index (κ2) is 6.28. The van der Waals surface area contributed by atoms with E-state index in [4.69, 9.17) is 5.73 Å². The summed E-state index contributed by atoms with van der Waals surface area (Å²) in [5.74, 6) is -0.723. The Morgan fingerprint density at radius 2 is 1.67 bits per heavy atom. The molecule has 0 radical (unpaired) electrons. The van der Waals surface area contributed by atoms with Gasteiger partial charge in [-0.1, -0.05) is 0 Å². The van der Waals surface area contributed by atoms with E-state index in [2.05, 4.69) is 25.7 Å². The van der Waals surface area contributed by atoms with Crippen molar-refractivity contribution in [3.05, 3.63) is 29.3 Å². The fourth-order valence-electron chi connectivity index (χ4n) is 2.79. The van der Waals surface area contributed by atoms with Gasteiger partial charge in [0, 0.05) is 37.8 Å². The fraction of sp³-hybridized carbons (Fsp3) is 0.625. The van der Waals surface area contributed by atoms with Crippen LogP contribution in [0.5, 0.6) is 0 Å². The lowest BCUT2D eigenvalue weighted by Crippen LogP contribution is -2.53. The molecule has 1 aromatic rings. The van der Waals surface area contributed by atoms with Crippen LogP contribution in [0.4, 0.5) is 14.5 Å². The van der Waals surface area contributed by atoms with Crippen molar-refractivity contribution in [2.24, 2.45) is 5.73 Å². The second-order valence-corrected chi connectivity index (χ2v) is 6.58. The van der Waals surface area contributed by atoms with Crippen molar-refractivity contribution >= 4 is 5.69 Å². The maximum atomic E-state index is 14.2. The first-order valence-corrected chi connectivity index (χ1v) is 7.51. The molecule has 1 fully saturated rings. The molecule has 1 aliphatic heterocycles. The lowest BCUT2D eigenvalue weighted by atomic mass is 10.0. The molecule has 118 valence electrons. The van der Waals surface area contributed by atoms with Crippen LogP contribution in [0.15, 0.2) is 12.1 Å². The van der Waals surface area contributed by atoms with Gasteiger partial charge in [0.15, 0.2) is 0 Å². The summed E-state index contributed by atoms with van der Waals surface area (Å²) in [6.45, 7) is 9.97. The van der Waals surface area contributed by atoms with Crippen LogP contribution in [0.2, 0.25) is 0 Å². The highest BCUT2D eigenvalue weighted by atomic mass is 19.1. The molecule has 21 heavy (non-hydrogen) atoms. The summed E-state index contributed by atoms with van der Waals surface area (Å²) in [6, 6.07) is 2.60. The summed E-state index contributed by atoms with van der Waals surface area (Å²) >= 11 is 0. The van der Waals surface area contributed by atoms with Gasteiger partial charge in [-0.2, -0.15) is 0 Å². The van der Waals surface area contributed by atoms with Gasteiger partial charge in [0.05, 0.1) is 5.69 Å². The minimum absolute atomic E-state index is 0.112. The zero-order chi connectivity index (χ0) is 15.6. The summed E-state index contributed by atoms with van der Waals surface area (Å²) in [5, 5.41) is 0. The van der Waals surface area contributed by atoms with Gasteiger partial charge in [-0.25, -0.2) is 8.78 Å². The van der Waals surface area contributed by atoms with E-state index in [1.165, 1.54) is 12.1 Å². The molecule has 0 atom stereocenters. The molecule has 1 saturated heterocycles. The Kier molecular flexibility index (Phi) is 4.84. The number of rotatable bonds is 3. The van der Waals surface area contributed by atoms with Crippen molar-refractivity contribution in [2.45, 2.75) is 32.7 Å². The average molecular weight is 297 g/mol. The average Bonchev–Trinajstić information content (AvgIpc) is 2.42. The van der Waals surface area contributed by atoms with Crippen LogP contribution >= 0.6 is 0 Å². The van der Waals surface area contributed by atoms with E-state index in [1.807, 2.05) is 4.90 Å². The lowest BCUT2D eigenvalue weighted by molar-refractivity contribution is 0.128. The number of benzene rings is 1. The van der Waals surface area contributed by atoms with E-state index < -0.39 is 0 Å². The molecule has 0 amide bonds. The third-order valence-corrected chi connectivity index (χ3v) is 4.10. The molecule has 0 aromatic heterocycles. The predicted octanol–water partition coefficient (Wildman–Crippen LogP) is 2.39. The van der Waals surface area contributed by atoms with E-state index in [0.717, 1.165) is 13.1 Å². The Morgan fingerprint density at radius 3 is 2.19 bits per heavy atom. The quantitative estimate of drug-likeness (QED) is 0.930. The second-order valence-electron chi connectivity index (χ2n) is 6.58. The highest BCUT2D eigenvalue weighted by molar-refractivity contribution is 5.50. The molecule has 0 saturated carbocycles. The summed E-state index contributed by atoms with van der Waals surface area (Å²) in [7, 11) is 0. The number of hydrogen-bond acceptors (Lipinski definition) is 3. The molecule has 1 aromatic carbocycles. The van der Waals surface area contributed by atoms with Crippen LogP contribution in [0.25, 0.3) is 0 Å². The molecular formula is C16H25F2N3. The van der Waals surface area contributed by atoms with Crippen LogP contribution < -0.4 is 10.6 Å². The predicted molar refractivity (Wildman–Crippen MR) is 82.7 cm³/mol. The van der Waals surface area contributed by atoms with E-state index in [1.54, 1.807) is 0 Å². The molecule has 0 aliphatic carbocycles. The summed E-state index contributed by atoms with van der Waals surface area (Å²) in [4.78, 5) is 4.29. The molecule has 3 nitrogen and oxygen atoms in total. The summed E-state index contributed by atoms with van der Waals surface area (Å²) in [6.07, 6.45) is 0.362. The van der Waals surface area contributed by atoms with Crippen molar-refractivity contribution in [1.29, 1.82) is 0 Å². The zero-order valence-electron chi connectivity index (χ0n) is 13.1. The molecule has 1 aliphatic rings. The van der Waals surface area contributed by atoms with Crippen LogP contribution in [0.1, 0.15) is 26.3 Å². The maximum absolute atomic E-state index is 14.2. The van der Waals surface area contributed by atoms with Crippen molar-refractivity contribution in [1.82, 2.24) is 4.90 Å². The monoisotopic (exact) mass is 297 g/mol. The Hall–Kier alpha value is -1.20. The van der Waals surface area contributed by atoms with E-state index >= 15 is 0 Å². The van der Waals surface area contributed by atoms with E-state index in [-0.39, 0.29) is 17.2 Å². The van der Waals surface area contributed by atoms with Gasteiger partial charge in [0.2, 0.25) is 0 Å². The normalized spacial score (nSPS) is 17.3. The summed E-state index contributed by atoms with van der Waals surface area (Å²) < 4.78 is 28.2. The number of nitrogens with zero attached hydrogens (tertiary/aromatic N) is 2. The number of hydrogen-bond donors (Lipinski definition) is 1. The van der Waals surface area contributed by atoms with E-state index in [0.29, 0.717) is 37.3 Å².